The van der Waals surface area contributed by atoms with Crippen LogP contribution in [0.15, 0.2) is 48.5 Å². The molecule has 2 atom stereocenters. The van der Waals surface area contributed by atoms with Gasteiger partial charge >= 0.3 is 6.03 Å². The fourth-order valence-corrected chi connectivity index (χ4v) is 3.94. The molecule has 1 heterocycles. The normalized spacial score (nSPS) is 21.9. The number of β-amino-alcohol motifs (C(OH)–C–C–N with tert-alkyl or cyclic N) is 1. The standard InChI is InChI=1S/C21H21FN2O4/c22-18-8-4-2-6-15(18)12-28-13-16(25)11-24-19(26)21(23-20(24)27)10-9-14-5-1-3-7-17(14)21/h1-8,16,25H,9-13H2,(H,23,27)/t16-,21-/m0/s1. The number of nitrogens with one attached hydrogen (secondary N) is 1. The first kappa shape index (κ1) is 18.6. The number of urea groups is 1. The summed E-state index contributed by atoms with van der Waals surface area (Å²) in [6.07, 6.45) is 0.158. The number of aliphatic hydroxyl groups is 1. The Morgan fingerprint density at radius 2 is 1.93 bits per heavy atom. The number of ether oxygens (including phenoxy) is 1. The van der Waals surface area contributed by atoms with Crippen LogP contribution in [0.3, 0.4) is 0 Å². The summed E-state index contributed by atoms with van der Waals surface area (Å²) in [6.45, 7) is -0.290. The van der Waals surface area contributed by atoms with Gasteiger partial charge in [0.05, 0.1) is 25.9 Å². The average Bonchev–Trinajstić information content (AvgIpc) is 3.17. The molecule has 28 heavy (non-hydrogen) atoms. The van der Waals surface area contributed by atoms with E-state index in [4.69, 9.17) is 4.74 Å². The second-order valence-corrected chi connectivity index (χ2v) is 7.17. The van der Waals surface area contributed by atoms with Gasteiger partial charge < -0.3 is 15.2 Å². The molecule has 4 rings (SSSR count). The van der Waals surface area contributed by atoms with E-state index in [1.807, 2.05) is 24.3 Å². The van der Waals surface area contributed by atoms with Crippen molar-refractivity contribution in [1.82, 2.24) is 10.2 Å². The summed E-state index contributed by atoms with van der Waals surface area (Å²) < 4.78 is 18.9. The smallest absolute Gasteiger partial charge is 0.325 e. The molecule has 7 heteroatoms. The monoisotopic (exact) mass is 384 g/mol. The Bertz CT molecular complexity index is 919. The van der Waals surface area contributed by atoms with E-state index in [1.54, 1.807) is 18.2 Å². The van der Waals surface area contributed by atoms with Gasteiger partial charge in [-0.15, -0.1) is 0 Å². The molecule has 2 N–H and O–H groups in total. The van der Waals surface area contributed by atoms with Crippen molar-refractivity contribution in [2.45, 2.75) is 31.1 Å². The molecule has 6 nitrogen and oxygen atoms in total. The minimum Gasteiger partial charge on any atom is -0.389 e. The van der Waals surface area contributed by atoms with Crippen LogP contribution in [0.25, 0.3) is 0 Å². The molecule has 1 saturated heterocycles. The molecular formula is C21H21FN2O4. The van der Waals surface area contributed by atoms with Gasteiger partial charge in [0.25, 0.3) is 5.91 Å². The maximum absolute atomic E-state index is 13.6. The molecule has 0 bridgehead atoms. The van der Waals surface area contributed by atoms with Gasteiger partial charge in [0.1, 0.15) is 11.4 Å². The lowest BCUT2D eigenvalue weighted by Gasteiger charge is -2.23. The van der Waals surface area contributed by atoms with Crippen molar-refractivity contribution in [3.63, 3.8) is 0 Å². The van der Waals surface area contributed by atoms with Crippen LogP contribution in [0.5, 0.6) is 0 Å². The number of benzene rings is 2. The molecule has 1 aliphatic carbocycles. The van der Waals surface area contributed by atoms with Gasteiger partial charge in [0, 0.05) is 5.56 Å². The Labute approximate surface area is 161 Å². The van der Waals surface area contributed by atoms with E-state index in [1.165, 1.54) is 6.07 Å². The van der Waals surface area contributed by atoms with E-state index >= 15 is 0 Å². The topological polar surface area (TPSA) is 78.9 Å². The predicted octanol–water partition coefficient (Wildman–Crippen LogP) is 2.10. The molecule has 3 amide bonds. The van der Waals surface area contributed by atoms with Gasteiger partial charge in [-0.05, 0) is 30.0 Å². The first-order valence-corrected chi connectivity index (χ1v) is 9.23. The number of aliphatic hydroxyl groups excluding tert-OH is 1. The summed E-state index contributed by atoms with van der Waals surface area (Å²) in [6, 6.07) is 13.3. The Balaban J connectivity index is 1.38. The van der Waals surface area contributed by atoms with Gasteiger partial charge in [-0.3, -0.25) is 9.69 Å². The van der Waals surface area contributed by atoms with E-state index in [9.17, 15) is 19.1 Å². The zero-order valence-electron chi connectivity index (χ0n) is 15.2. The Kier molecular flexibility index (Phi) is 4.87. The third kappa shape index (κ3) is 3.16. The third-order valence-corrected chi connectivity index (χ3v) is 5.34. The summed E-state index contributed by atoms with van der Waals surface area (Å²) >= 11 is 0. The minimum atomic E-state index is -1.06. The largest absolute Gasteiger partial charge is 0.389 e. The van der Waals surface area contributed by atoms with Crippen LogP contribution in [0.4, 0.5) is 9.18 Å². The fraction of sp³-hybridized carbons (Fsp3) is 0.333. The highest BCUT2D eigenvalue weighted by atomic mass is 19.1. The summed E-state index contributed by atoms with van der Waals surface area (Å²) in [5.41, 5.74) is 1.21. The highest BCUT2D eigenvalue weighted by molar-refractivity contribution is 6.08. The Hall–Kier alpha value is -2.77. The second-order valence-electron chi connectivity index (χ2n) is 7.17. The number of carbonyl (C=O) groups excluding carboxylic acids is 2. The Morgan fingerprint density at radius 1 is 1.18 bits per heavy atom. The number of imide groups is 1. The second kappa shape index (κ2) is 7.33. The summed E-state index contributed by atoms with van der Waals surface area (Å²) in [4.78, 5) is 26.5. The van der Waals surface area contributed by atoms with E-state index in [2.05, 4.69) is 5.32 Å². The van der Waals surface area contributed by atoms with Crippen LogP contribution in [0.1, 0.15) is 23.1 Å². The number of carbonyl (C=O) groups is 2. The first-order chi connectivity index (χ1) is 13.5. The number of aryl methyl sites for hydroxylation is 1. The summed E-state index contributed by atoms with van der Waals surface area (Å²) in [5.74, 6) is -0.733. The minimum absolute atomic E-state index is 0.00118. The number of amides is 3. The molecule has 0 radical (unpaired) electrons. The van der Waals surface area contributed by atoms with Crippen LogP contribution in [-0.4, -0.2) is 41.2 Å². The highest BCUT2D eigenvalue weighted by Crippen LogP contribution is 2.41. The zero-order valence-corrected chi connectivity index (χ0v) is 15.2. The van der Waals surface area contributed by atoms with Crippen molar-refractivity contribution >= 4 is 11.9 Å². The maximum Gasteiger partial charge on any atom is 0.325 e. The third-order valence-electron chi connectivity index (χ3n) is 5.34. The van der Waals surface area contributed by atoms with Crippen molar-refractivity contribution in [1.29, 1.82) is 0 Å². The first-order valence-electron chi connectivity index (χ1n) is 9.23. The van der Waals surface area contributed by atoms with Gasteiger partial charge in [-0.1, -0.05) is 42.5 Å². The Morgan fingerprint density at radius 3 is 2.75 bits per heavy atom. The molecule has 0 aromatic heterocycles. The average molecular weight is 384 g/mol. The number of nitrogens with zero attached hydrogens (tertiary/aromatic N) is 1. The lowest BCUT2D eigenvalue weighted by atomic mass is 9.92. The summed E-state index contributed by atoms with van der Waals surface area (Å²) in [5, 5.41) is 13.0. The van der Waals surface area contributed by atoms with Gasteiger partial charge in [-0.25, -0.2) is 9.18 Å². The van der Waals surface area contributed by atoms with Gasteiger partial charge in [-0.2, -0.15) is 0 Å². The van der Waals surface area contributed by atoms with Crippen LogP contribution < -0.4 is 5.32 Å². The molecular weight excluding hydrogens is 363 g/mol. The lowest BCUT2D eigenvalue weighted by molar-refractivity contribution is -0.133. The molecule has 0 unspecified atom stereocenters. The molecule has 0 saturated carbocycles. The number of rotatable bonds is 6. The van der Waals surface area contributed by atoms with E-state index in [0.717, 1.165) is 16.0 Å². The van der Waals surface area contributed by atoms with Crippen molar-refractivity contribution in [3.05, 3.63) is 71.0 Å². The van der Waals surface area contributed by atoms with Crippen LogP contribution in [0.2, 0.25) is 0 Å². The van der Waals surface area contributed by atoms with Gasteiger partial charge in [0.15, 0.2) is 0 Å². The van der Waals surface area contributed by atoms with Gasteiger partial charge in [0.2, 0.25) is 0 Å². The number of fused-ring (bicyclic) bond motifs is 2. The maximum atomic E-state index is 13.6. The van der Waals surface area contributed by atoms with Crippen molar-refractivity contribution in [2.75, 3.05) is 13.2 Å². The number of hydrogen-bond donors (Lipinski definition) is 2. The molecule has 2 aliphatic rings. The zero-order chi connectivity index (χ0) is 19.7. The van der Waals surface area contributed by atoms with Crippen molar-refractivity contribution in [2.24, 2.45) is 0 Å². The molecule has 1 spiro atoms. The predicted molar refractivity (Wildman–Crippen MR) is 98.7 cm³/mol. The van der Waals surface area contributed by atoms with Crippen LogP contribution >= 0.6 is 0 Å². The van der Waals surface area contributed by atoms with E-state index in [0.29, 0.717) is 18.4 Å². The fourth-order valence-electron chi connectivity index (χ4n) is 3.94. The molecule has 1 fully saturated rings. The lowest BCUT2D eigenvalue weighted by Crippen LogP contribution is -2.43. The van der Waals surface area contributed by atoms with Crippen LogP contribution in [0, 0.1) is 5.82 Å². The molecule has 1 aliphatic heterocycles. The van der Waals surface area contributed by atoms with Crippen molar-refractivity contribution in [3.8, 4) is 0 Å². The molecule has 146 valence electrons. The number of hydrogen-bond acceptors (Lipinski definition) is 4. The van der Waals surface area contributed by atoms with E-state index < -0.39 is 17.7 Å². The number of halogens is 1. The van der Waals surface area contributed by atoms with E-state index in [-0.39, 0.29) is 31.5 Å². The summed E-state index contributed by atoms with van der Waals surface area (Å²) in [7, 11) is 0. The SMILES string of the molecule is O=C1N[C@]2(CCc3ccccc32)C(=O)N1C[C@H](O)COCc1ccccc1F. The highest BCUT2D eigenvalue weighted by Gasteiger charge is 2.55. The molecule has 2 aromatic rings. The molecule has 2 aromatic carbocycles. The van der Waals surface area contributed by atoms with Crippen LogP contribution in [-0.2, 0) is 28.1 Å². The quantitative estimate of drug-likeness (QED) is 0.748. The van der Waals surface area contributed by atoms with Crippen molar-refractivity contribution < 1.29 is 23.8 Å².